The smallest absolute Gasteiger partial charge is 0.119 e. The lowest BCUT2D eigenvalue weighted by Gasteiger charge is -2.64. The first-order valence-corrected chi connectivity index (χ1v) is 12.0. The number of likely N-dealkylation sites (N-methyl/N-ethyl adjacent to an activating group) is 1. The summed E-state index contributed by atoms with van der Waals surface area (Å²) in [5.74, 6) is 1.59. The Labute approximate surface area is 185 Å². The van der Waals surface area contributed by atoms with Gasteiger partial charge in [0.1, 0.15) is 5.75 Å². The third-order valence-electron chi connectivity index (χ3n) is 9.56. The van der Waals surface area contributed by atoms with Crippen LogP contribution in [0.15, 0.2) is 48.5 Å². The summed E-state index contributed by atoms with van der Waals surface area (Å²) in [5, 5.41) is 0. The number of ether oxygens (including phenoxy) is 2. The Hall–Kier alpha value is -1.88. The Morgan fingerprint density at radius 1 is 1.13 bits per heavy atom. The van der Waals surface area contributed by atoms with Crippen LogP contribution in [0.2, 0.25) is 0 Å². The molecule has 4 nitrogen and oxygen atoms in total. The molecule has 2 aliphatic carbocycles. The summed E-state index contributed by atoms with van der Waals surface area (Å²) < 4.78 is 13.0. The molecule has 0 unspecified atom stereocenters. The number of nitrogens with zero attached hydrogens (tertiary/aromatic N) is 2. The highest BCUT2D eigenvalue weighted by Crippen LogP contribution is 2.69. The molecule has 4 bridgehead atoms. The van der Waals surface area contributed by atoms with Crippen LogP contribution in [0.5, 0.6) is 5.75 Å². The molecule has 31 heavy (non-hydrogen) atoms. The average molecular weight is 417 g/mol. The van der Waals surface area contributed by atoms with Crippen LogP contribution in [0, 0.1) is 5.92 Å². The van der Waals surface area contributed by atoms with Crippen molar-refractivity contribution in [3.8, 4) is 5.75 Å². The molecule has 2 aromatic rings. The van der Waals surface area contributed by atoms with Crippen molar-refractivity contribution < 1.29 is 9.47 Å². The Morgan fingerprint density at radius 3 is 2.84 bits per heavy atom. The van der Waals surface area contributed by atoms with Crippen LogP contribution in [-0.4, -0.2) is 60.8 Å². The van der Waals surface area contributed by atoms with E-state index in [1.807, 2.05) is 0 Å². The van der Waals surface area contributed by atoms with Gasteiger partial charge in [-0.15, -0.1) is 0 Å². The summed E-state index contributed by atoms with van der Waals surface area (Å²) in [7, 11) is 4.12. The van der Waals surface area contributed by atoms with E-state index >= 15 is 0 Å². The minimum Gasteiger partial charge on any atom is -0.497 e. The molecule has 2 aromatic carbocycles. The van der Waals surface area contributed by atoms with Gasteiger partial charge in [0, 0.05) is 36.5 Å². The molecule has 3 saturated heterocycles. The Kier molecular flexibility index (Phi) is 3.82. The molecule has 162 valence electrons. The molecule has 0 spiro atoms. The maximum absolute atomic E-state index is 7.27. The topological polar surface area (TPSA) is 24.9 Å². The van der Waals surface area contributed by atoms with Gasteiger partial charge in [0.15, 0.2) is 0 Å². The van der Waals surface area contributed by atoms with Crippen LogP contribution in [0.25, 0.3) is 0 Å². The highest BCUT2D eigenvalue weighted by atomic mass is 16.5. The Morgan fingerprint density at radius 2 is 2.00 bits per heavy atom. The number of benzene rings is 2. The zero-order valence-electron chi connectivity index (χ0n) is 18.6. The lowest BCUT2D eigenvalue weighted by atomic mass is 9.46. The fourth-order valence-electron chi connectivity index (χ4n) is 8.51. The number of methoxy groups -OCH3 is 1. The summed E-state index contributed by atoms with van der Waals surface area (Å²) in [4.78, 5) is 5.35. The predicted molar refractivity (Wildman–Crippen MR) is 120 cm³/mol. The third kappa shape index (κ3) is 2.21. The van der Waals surface area contributed by atoms with E-state index in [4.69, 9.17) is 9.47 Å². The van der Waals surface area contributed by atoms with Crippen molar-refractivity contribution in [3.63, 3.8) is 0 Å². The second kappa shape index (κ2) is 6.34. The number of hydrogen-bond acceptors (Lipinski definition) is 4. The normalized spacial score (nSPS) is 40.5. The van der Waals surface area contributed by atoms with E-state index in [0.717, 1.165) is 25.3 Å². The van der Waals surface area contributed by atoms with Crippen molar-refractivity contribution in [1.29, 1.82) is 0 Å². The molecular weight excluding hydrogens is 384 g/mol. The molecule has 0 radical (unpaired) electrons. The summed E-state index contributed by atoms with van der Waals surface area (Å²) >= 11 is 0. The van der Waals surface area contributed by atoms with Crippen molar-refractivity contribution in [2.75, 3.05) is 27.2 Å². The minimum absolute atomic E-state index is 0.0238. The molecule has 0 amide bonds. The van der Waals surface area contributed by atoms with E-state index < -0.39 is 0 Å². The third-order valence-corrected chi connectivity index (χ3v) is 9.56. The zero-order chi connectivity index (χ0) is 20.8. The Balaban J connectivity index is 1.36. The van der Waals surface area contributed by atoms with Gasteiger partial charge in [-0.3, -0.25) is 4.90 Å². The van der Waals surface area contributed by atoms with E-state index in [-0.39, 0.29) is 11.0 Å². The van der Waals surface area contributed by atoms with Crippen LogP contribution in [0.1, 0.15) is 36.0 Å². The second-order valence-electron chi connectivity index (χ2n) is 10.5. The molecule has 1 saturated carbocycles. The first kappa shape index (κ1) is 18.7. The zero-order valence-corrected chi connectivity index (χ0v) is 18.6. The van der Waals surface area contributed by atoms with Crippen LogP contribution >= 0.6 is 0 Å². The van der Waals surface area contributed by atoms with Crippen molar-refractivity contribution in [3.05, 3.63) is 65.2 Å². The lowest BCUT2D eigenvalue weighted by molar-refractivity contribution is -0.168. The van der Waals surface area contributed by atoms with Gasteiger partial charge in [0.25, 0.3) is 0 Å². The second-order valence-corrected chi connectivity index (χ2v) is 10.5. The van der Waals surface area contributed by atoms with Crippen molar-refractivity contribution >= 4 is 0 Å². The van der Waals surface area contributed by atoms with Gasteiger partial charge in [-0.1, -0.05) is 36.4 Å². The standard InChI is InChI=1S/C27H32N2O2/c1-28-13-12-26-21-15-20(30-2)9-8-19(21)14-24(28)27(26)11-10-22-25(26)23(31-27)17-29(22)16-18-6-4-3-5-7-18/h3-9,15,22-25H,10-14,16-17H2,1-2H3/t22-,23-,24-,25+,26+,27-/m1/s1. The molecule has 3 heterocycles. The first-order chi connectivity index (χ1) is 15.2. The monoisotopic (exact) mass is 416 g/mol. The highest BCUT2D eigenvalue weighted by molar-refractivity contribution is 5.52. The number of likely N-dealkylation sites (tertiary alicyclic amines) is 2. The van der Waals surface area contributed by atoms with E-state index in [1.165, 1.54) is 36.9 Å². The highest BCUT2D eigenvalue weighted by Gasteiger charge is 2.77. The number of rotatable bonds is 3. The lowest BCUT2D eigenvalue weighted by Crippen LogP contribution is -2.73. The molecule has 6 atom stereocenters. The molecule has 4 fully saturated rings. The summed E-state index contributed by atoms with van der Waals surface area (Å²) in [6.45, 7) is 3.28. The van der Waals surface area contributed by atoms with Gasteiger partial charge in [-0.2, -0.15) is 0 Å². The summed E-state index contributed by atoms with van der Waals surface area (Å²) in [6, 6.07) is 19.0. The molecule has 3 aliphatic heterocycles. The maximum Gasteiger partial charge on any atom is 0.119 e. The fraction of sp³-hybridized carbons (Fsp3) is 0.556. The molecule has 0 aromatic heterocycles. The molecule has 7 rings (SSSR count). The van der Waals surface area contributed by atoms with E-state index in [1.54, 1.807) is 12.7 Å². The molecule has 5 aliphatic rings. The van der Waals surface area contributed by atoms with Gasteiger partial charge >= 0.3 is 0 Å². The van der Waals surface area contributed by atoms with E-state index in [9.17, 15) is 0 Å². The maximum atomic E-state index is 7.27. The fourth-order valence-corrected chi connectivity index (χ4v) is 8.51. The van der Waals surface area contributed by atoms with Crippen LogP contribution in [0.4, 0.5) is 0 Å². The predicted octanol–water partition coefficient (Wildman–Crippen LogP) is 3.63. The average Bonchev–Trinajstić information content (AvgIpc) is 3.22. The van der Waals surface area contributed by atoms with Gasteiger partial charge in [-0.25, -0.2) is 0 Å². The van der Waals surface area contributed by atoms with Crippen molar-refractivity contribution in [2.45, 2.75) is 61.4 Å². The quantitative estimate of drug-likeness (QED) is 0.763. The summed E-state index contributed by atoms with van der Waals surface area (Å²) in [6.07, 6.45) is 5.11. The van der Waals surface area contributed by atoms with Crippen LogP contribution < -0.4 is 4.74 Å². The number of piperidine rings is 1. The van der Waals surface area contributed by atoms with Gasteiger partial charge in [0.2, 0.25) is 0 Å². The Bertz CT molecular complexity index is 1030. The van der Waals surface area contributed by atoms with E-state index in [0.29, 0.717) is 24.1 Å². The van der Waals surface area contributed by atoms with Gasteiger partial charge in [0.05, 0.1) is 18.8 Å². The molecule has 4 heteroatoms. The first-order valence-electron chi connectivity index (χ1n) is 12.0. The van der Waals surface area contributed by atoms with Crippen molar-refractivity contribution in [2.24, 2.45) is 5.92 Å². The number of hydrogen-bond donors (Lipinski definition) is 0. The molecule has 0 N–H and O–H groups in total. The van der Waals surface area contributed by atoms with Gasteiger partial charge < -0.3 is 14.4 Å². The minimum atomic E-state index is -0.0238. The largest absolute Gasteiger partial charge is 0.497 e. The SMILES string of the molecule is COc1ccc2c(c1)[C@]13CCN(C)[C@H](C2)[C@]12CC[C@@H]1[C@H]3[C@@H](CN1Cc1ccccc1)O2. The van der Waals surface area contributed by atoms with Crippen LogP contribution in [-0.2, 0) is 23.1 Å². The van der Waals surface area contributed by atoms with Crippen LogP contribution in [0.3, 0.4) is 0 Å². The molecular formula is C27H32N2O2. The van der Waals surface area contributed by atoms with Crippen molar-refractivity contribution in [1.82, 2.24) is 9.80 Å². The van der Waals surface area contributed by atoms with E-state index in [2.05, 4.69) is 65.4 Å². The van der Waals surface area contributed by atoms with Gasteiger partial charge in [-0.05, 0) is 68.1 Å². The number of fused-ring (bicyclic) bond motifs is 1. The summed E-state index contributed by atoms with van der Waals surface area (Å²) in [5.41, 5.74) is 4.60.